The summed E-state index contributed by atoms with van der Waals surface area (Å²) in [6, 6.07) is 4.81. The number of rotatable bonds is 4. The predicted molar refractivity (Wildman–Crippen MR) is 93.5 cm³/mol. The number of allylic oxidation sites excluding steroid dienone is 2. The minimum absolute atomic E-state index is 0.0456. The fourth-order valence-electron chi connectivity index (χ4n) is 5.18. The maximum absolute atomic E-state index is 12.8. The summed E-state index contributed by atoms with van der Waals surface area (Å²) in [6.07, 6.45) is 8.01. The van der Waals surface area contributed by atoms with Crippen molar-refractivity contribution in [3.63, 3.8) is 0 Å². The molecule has 134 valence electrons. The molecule has 3 aliphatic carbocycles. The Morgan fingerprint density at radius 3 is 2.46 bits per heavy atom. The van der Waals surface area contributed by atoms with Crippen LogP contribution < -0.4 is 4.74 Å². The number of hydrogen-bond donors (Lipinski definition) is 1. The normalized spacial score (nSPS) is 32.9. The molecule has 6 heteroatoms. The van der Waals surface area contributed by atoms with Crippen molar-refractivity contribution >= 4 is 18.0 Å². The second-order valence-corrected chi connectivity index (χ2v) is 7.61. The van der Waals surface area contributed by atoms with Gasteiger partial charge in [-0.05, 0) is 60.8 Å². The molecule has 2 saturated carbocycles. The van der Waals surface area contributed by atoms with Crippen LogP contribution >= 0.6 is 0 Å². The van der Waals surface area contributed by atoms with Gasteiger partial charge < -0.3 is 9.84 Å². The van der Waals surface area contributed by atoms with Crippen LogP contribution in [-0.2, 0) is 9.59 Å². The Morgan fingerprint density at radius 1 is 1.23 bits per heavy atom. The van der Waals surface area contributed by atoms with Crippen molar-refractivity contribution in [2.24, 2.45) is 34.2 Å². The van der Waals surface area contributed by atoms with Gasteiger partial charge in [-0.25, -0.2) is 0 Å². The quantitative estimate of drug-likeness (QED) is 0.512. The van der Waals surface area contributed by atoms with E-state index >= 15 is 0 Å². The standard InChI is InChI=1S/C20H20N2O4/c1-2-26-15-9-11(3-6-14(15)23)10-21-22-18(24)16-12-4-5-13(17(16)19(22)25)20(12)7-8-20/h3-6,9-10,12-13,16-17,23H,2,7-8H2,1H3/b21-10-/t12-,13-,16-,17-/m0/s1. The number of hydrazone groups is 1. The van der Waals surface area contributed by atoms with Gasteiger partial charge in [0.25, 0.3) is 11.8 Å². The first-order chi connectivity index (χ1) is 12.6. The lowest BCUT2D eigenvalue weighted by Crippen LogP contribution is -2.30. The third-order valence-electron chi connectivity index (χ3n) is 6.44. The second kappa shape index (κ2) is 5.19. The first-order valence-corrected chi connectivity index (χ1v) is 9.13. The highest BCUT2D eigenvalue weighted by atomic mass is 16.5. The number of hydrogen-bond acceptors (Lipinski definition) is 5. The Bertz CT molecular complexity index is 837. The molecule has 1 saturated heterocycles. The zero-order valence-electron chi connectivity index (χ0n) is 14.5. The van der Waals surface area contributed by atoms with E-state index in [1.54, 1.807) is 12.1 Å². The van der Waals surface area contributed by atoms with Gasteiger partial charge in [0.15, 0.2) is 11.5 Å². The average Bonchev–Trinajstić information content (AvgIpc) is 3.23. The van der Waals surface area contributed by atoms with Crippen LogP contribution in [0.5, 0.6) is 11.5 Å². The lowest BCUT2D eigenvalue weighted by molar-refractivity contribution is -0.141. The van der Waals surface area contributed by atoms with Gasteiger partial charge in [-0.1, -0.05) is 12.2 Å². The van der Waals surface area contributed by atoms with Crippen molar-refractivity contribution < 1.29 is 19.4 Å². The van der Waals surface area contributed by atoms with Crippen molar-refractivity contribution in [2.75, 3.05) is 6.61 Å². The highest BCUT2D eigenvalue weighted by Crippen LogP contribution is 2.73. The Balaban J connectivity index is 1.39. The first-order valence-electron chi connectivity index (χ1n) is 9.13. The molecular formula is C20H20N2O4. The Hall–Kier alpha value is -2.63. The van der Waals surface area contributed by atoms with Crippen LogP contribution in [0.1, 0.15) is 25.3 Å². The topological polar surface area (TPSA) is 79.2 Å². The van der Waals surface area contributed by atoms with Gasteiger partial charge in [0, 0.05) is 0 Å². The van der Waals surface area contributed by atoms with Gasteiger partial charge in [0.1, 0.15) is 0 Å². The summed E-state index contributed by atoms with van der Waals surface area (Å²) in [6.45, 7) is 2.26. The number of nitrogens with zero attached hydrogens (tertiary/aromatic N) is 2. The Kier molecular flexibility index (Phi) is 3.12. The third-order valence-corrected chi connectivity index (χ3v) is 6.44. The van der Waals surface area contributed by atoms with E-state index in [1.165, 1.54) is 12.3 Å². The smallest absolute Gasteiger partial charge is 0.254 e. The summed E-state index contributed by atoms with van der Waals surface area (Å²) in [5.41, 5.74) is 0.850. The summed E-state index contributed by atoms with van der Waals surface area (Å²) < 4.78 is 5.35. The van der Waals surface area contributed by atoms with Crippen LogP contribution in [0.25, 0.3) is 0 Å². The highest BCUT2D eigenvalue weighted by molar-refractivity contribution is 6.07. The van der Waals surface area contributed by atoms with E-state index in [0.29, 0.717) is 17.9 Å². The number of amides is 2. The number of imide groups is 1. The fraction of sp³-hybridized carbons (Fsp3) is 0.450. The van der Waals surface area contributed by atoms with Gasteiger partial charge in [-0.2, -0.15) is 10.1 Å². The minimum Gasteiger partial charge on any atom is -0.504 e. The molecule has 3 fully saturated rings. The van der Waals surface area contributed by atoms with Gasteiger partial charge in [-0.15, -0.1) is 0 Å². The third kappa shape index (κ3) is 1.90. The predicted octanol–water partition coefficient (Wildman–Crippen LogP) is 2.32. The van der Waals surface area contributed by atoms with E-state index < -0.39 is 0 Å². The molecule has 0 aromatic heterocycles. The molecule has 1 spiro atoms. The SMILES string of the molecule is CCOc1cc(/C=N\N2C(=O)[C@@H]3[C@@H](C2=O)[C@@H]2C=C[C@@H]3C23CC3)ccc1O. The monoisotopic (exact) mass is 352 g/mol. The van der Waals surface area contributed by atoms with Crippen LogP contribution in [-0.4, -0.2) is 34.8 Å². The number of phenolic OH excluding ortho intramolecular Hbond substituents is 1. The molecule has 26 heavy (non-hydrogen) atoms. The zero-order valence-corrected chi connectivity index (χ0v) is 14.5. The number of carbonyl (C=O) groups is 2. The number of phenols is 1. The van der Waals surface area contributed by atoms with Crippen LogP contribution in [0.2, 0.25) is 0 Å². The molecular weight excluding hydrogens is 332 g/mol. The number of aromatic hydroxyl groups is 1. The van der Waals surface area contributed by atoms with Crippen LogP contribution in [0, 0.1) is 29.1 Å². The molecule has 5 rings (SSSR count). The van der Waals surface area contributed by atoms with Crippen LogP contribution in [0.15, 0.2) is 35.5 Å². The molecule has 1 heterocycles. The van der Waals surface area contributed by atoms with E-state index in [2.05, 4.69) is 17.3 Å². The lowest BCUT2D eigenvalue weighted by atomic mass is 9.85. The van der Waals surface area contributed by atoms with E-state index in [0.717, 1.165) is 17.9 Å². The van der Waals surface area contributed by atoms with Gasteiger partial charge >= 0.3 is 0 Å². The average molecular weight is 352 g/mol. The maximum Gasteiger partial charge on any atom is 0.254 e. The lowest BCUT2D eigenvalue weighted by Gasteiger charge is -2.18. The van der Waals surface area contributed by atoms with E-state index in [4.69, 9.17) is 4.74 Å². The van der Waals surface area contributed by atoms with Gasteiger partial charge in [0.05, 0.1) is 24.7 Å². The summed E-state index contributed by atoms with van der Waals surface area (Å²) in [5.74, 6) is -0.0346. The molecule has 2 bridgehead atoms. The number of benzene rings is 1. The summed E-state index contributed by atoms with van der Waals surface area (Å²) in [7, 11) is 0. The molecule has 4 aliphatic rings. The summed E-state index contributed by atoms with van der Waals surface area (Å²) in [4.78, 5) is 25.7. The van der Waals surface area contributed by atoms with Gasteiger partial charge in [0.2, 0.25) is 0 Å². The Morgan fingerprint density at radius 2 is 1.88 bits per heavy atom. The molecule has 0 unspecified atom stereocenters. The molecule has 1 aliphatic heterocycles. The number of ether oxygens (including phenoxy) is 1. The summed E-state index contributed by atoms with van der Waals surface area (Å²) >= 11 is 0. The van der Waals surface area contributed by atoms with Crippen molar-refractivity contribution in [2.45, 2.75) is 19.8 Å². The zero-order chi connectivity index (χ0) is 18.1. The minimum atomic E-state index is -0.240. The first kappa shape index (κ1) is 15.6. The van der Waals surface area contributed by atoms with Crippen molar-refractivity contribution in [3.8, 4) is 11.5 Å². The highest BCUT2D eigenvalue weighted by Gasteiger charge is 2.73. The molecule has 1 aromatic rings. The summed E-state index contributed by atoms with van der Waals surface area (Å²) in [5, 5.41) is 15.0. The van der Waals surface area contributed by atoms with Crippen molar-refractivity contribution in [1.82, 2.24) is 5.01 Å². The number of carbonyl (C=O) groups excluding carboxylic acids is 2. The second-order valence-electron chi connectivity index (χ2n) is 7.61. The van der Waals surface area contributed by atoms with Crippen molar-refractivity contribution in [3.05, 3.63) is 35.9 Å². The molecule has 4 atom stereocenters. The van der Waals surface area contributed by atoms with E-state index in [9.17, 15) is 14.7 Å². The molecule has 2 amide bonds. The van der Waals surface area contributed by atoms with E-state index in [1.807, 2.05) is 6.92 Å². The fourth-order valence-corrected chi connectivity index (χ4v) is 5.18. The van der Waals surface area contributed by atoms with E-state index in [-0.39, 0.29) is 46.7 Å². The largest absolute Gasteiger partial charge is 0.504 e. The molecule has 6 nitrogen and oxygen atoms in total. The molecule has 1 aromatic carbocycles. The van der Waals surface area contributed by atoms with Gasteiger partial charge in [-0.3, -0.25) is 9.59 Å². The van der Waals surface area contributed by atoms with Crippen molar-refractivity contribution in [1.29, 1.82) is 0 Å². The molecule has 1 N–H and O–H groups in total. The Labute approximate surface area is 151 Å². The van der Waals surface area contributed by atoms with Crippen LogP contribution in [0.4, 0.5) is 0 Å². The number of fused-ring (bicyclic) bond motifs is 3. The van der Waals surface area contributed by atoms with Crippen LogP contribution in [0.3, 0.4) is 0 Å². The maximum atomic E-state index is 12.8. The molecule has 0 radical (unpaired) electrons.